The molecule has 0 saturated carbocycles. The molecule has 0 spiro atoms. The molecule has 0 N–H and O–H groups in total. The zero-order chi connectivity index (χ0) is 7.98. The van der Waals surface area contributed by atoms with E-state index in [2.05, 4.69) is 11.3 Å². The summed E-state index contributed by atoms with van der Waals surface area (Å²) in [6, 6.07) is 0. The summed E-state index contributed by atoms with van der Waals surface area (Å²) in [5.41, 5.74) is 0. The van der Waals surface area contributed by atoms with E-state index in [-0.39, 0.29) is 5.97 Å². The first-order chi connectivity index (χ1) is 4.72. The maximum atomic E-state index is 10.7. The third-order valence-corrected chi connectivity index (χ3v) is 1.27. The van der Waals surface area contributed by atoms with Crippen molar-refractivity contribution in [2.24, 2.45) is 0 Å². The number of ether oxygens (including phenoxy) is 1. The Morgan fingerprint density at radius 3 is 2.90 bits per heavy atom. The SMILES string of the molecule is C=CCC(Cl)C(=O)OCC. The van der Waals surface area contributed by atoms with Gasteiger partial charge in [0.15, 0.2) is 0 Å². The molecular formula is C7H11ClO2. The van der Waals surface area contributed by atoms with E-state index < -0.39 is 5.38 Å². The van der Waals surface area contributed by atoms with Crippen molar-refractivity contribution in [3.05, 3.63) is 12.7 Å². The number of carbonyl (C=O) groups is 1. The lowest BCUT2D eigenvalue weighted by atomic mass is 10.3. The van der Waals surface area contributed by atoms with Gasteiger partial charge in [0.25, 0.3) is 0 Å². The zero-order valence-electron chi connectivity index (χ0n) is 5.97. The molecule has 0 heterocycles. The number of allylic oxidation sites excluding steroid dienone is 1. The molecule has 0 aliphatic heterocycles. The summed E-state index contributed by atoms with van der Waals surface area (Å²) < 4.78 is 4.64. The predicted molar refractivity (Wildman–Crippen MR) is 41.1 cm³/mol. The first kappa shape index (κ1) is 9.50. The van der Waals surface area contributed by atoms with Gasteiger partial charge >= 0.3 is 5.97 Å². The van der Waals surface area contributed by atoms with Gasteiger partial charge in [-0.25, -0.2) is 0 Å². The van der Waals surface area contributed by atoms with E-state index in [0.717, 1.165) is 0 Å². The molecule has 0 bridgehead atoms. The van der Waals surface area contributed by atoms with E-state index in [0.29, 0.717) is 13.0 Å². The molecule has 0 fully saturated rings. The van der Waals surface area contributed by atoms with Crippen molar-refractivity contribution in [1.29, 1.82) is 0 Å². The minimum atomic E-state index is -0.572. The van der Waals surface area contributed by atoms with E-state index in [9.17, 15) is 4.79 Å². The Kier molecular flexibility index (Phi) is 5.03. The van der Waals surface area contributed by atoms with E-state index in [1.165, 1.54) is 0 Å². The van der Waals surface area contributed by atoms with Crippen LogP contribution in [0, 0.1) is 0 Å². The monoisotopic (exact) mass is 162 g/mol. The van der Waals surface area contributed by atoms with Crippen LogP contribution in [0.5, 0.6) is 0 Å². The Morgan fingerprint density at radius 2 is 2.50 bits per heavy atom. The number of carbonyl (C=O) groups excluding carboxylic acids is 1. The van der Waals surface area contributed by atoms with Crippen LogP contribution in [0.1, 0.15) is 13.3 Å². The Bertz CT molecular complexity index is 123. The second-order valence-corrected chi connectivity index (χ2v) is 2.27. The van der Waals surface area contributed by atoms with Gasteiger partial charge in [0.2, 0.25) is 0 Å². The minimum absolute atomic E-state index is 0.371. The highest BCUT2D eigenvalue weighted by atomic mass is 35.5. The number of halogens is 1. The molecule has 0 saturated heterocycles. The van der Waals surface area contributed by atoms with Gasteiger partial charge in [-0.3, -0.25) is 4.79 Å². The number of hydrogen-bond acceptors (Lipinski definition) is 2. The maximum Gasteiger partial charge on any atom is 0.324 e. The molecule has 58 valence electrons. The van der Waals surface area contributed by atoms with Gasteiger partial charge in [0.05, 0.1) is 6.61 Å². The second kappa shape index (κ2) is 5.30. The van der Waals surface area contributed by atoms with E-state index in [1.54, 1.807) is 13.0 Å². The molecule has 0 aromatic rings. The normalized spacial score (nSPS) is 12.2. The van der Waals surface area contributed by atoms with Crippen molar-refractivity contribution in [3.8, 4) is 0 Å². The van der Waals surface area contributed by atoms with Crippen molar-refractivity contribution >= 4 is 17.6 Å². The lowest BCUT2D eigenvalue weighted by molar-refractivity contribution is -0.142. The van der Waals surface area contributed by atoms with Gasteiger partial charge in [-0.05, 0) is 13.3 Å². The van der Waals surface area contributed by atoms with Crippen molar-refractivity contribution < 1.29 is 9.53 Å². The molecule has 0 rings (SSSR count). The summed E-state index contributed by atoms with van der Waals surface area (Å²) in [5, 5.41) is -0.572. The molecule has 0 aliphatic carbocycles. The van der Waals surface area contributed by atoms with Crippen LogP contribution in [-0.4, -0.2) is 18.0 Å². The van der Waals surface area contributed by atoms with E-state index >= 15 is 0 Å². The molecule has 0 radical (unpaired) electrons. The molecule has 10 heavy (non-hydrogen) atoms. The zero-order valence-corrected chi connectivity index (χ0v) is 6.73. The summed E-state index contributed by atoms with van der Waals surface area (Å²) in [6.07, 6.45) is 2.05. The smallest absolute Gasteiger partial charge is 0.324 e. The lowest BCUT2D eigenvalue weighted by Crippen LogP contribution is -2.16. The number of rotatable bonds is 4. The quantitative estimate of drug-likeness (QED) is 0.358. The summed E-state index contributed by atoms with van der Waals surface area (Å²) in [4.78, 5) is 10.7. The molecule has 2 nitrogen and oxygen atoms in total. The Balaban J connectivity index is 3.58. The van der Waals surface area contributed by atoms with Crippen molar-refractivity contribution in [2.75, 3.05) is 6.61 Å². The van der Waals surface area contributed by atoms with Crippen molar-refractivity contribution in [1.82, 2.24) is 0 Å². The summed E-state index contributed by atoms with van der Waals surface area (Å²) in [5.74, 6) is -0.371. The fourth-order valence-electron chi connectivity index (χ4n) is 0.475. The third-order valence-electron chi connectivity index (χ3n) is 0.916. The maximum absolute atomic E-state index is 10.7. The molecule has 0 aromatic heterocycles. The molecule has 0 amide bonds. The van der Waals surface area contributed by atoms with Crippen LogP contribution in [-0.2, 0) is 9.53 Å². The molecule has 3 heteroatoms. The summed E-state index contributed by atoms with van der Waals surface area (Å²) in [6.45, 7) is 5.57. The number of esters is 1. The summed E-state index contributed by atoms with van der Waals surface area (Å²) >= 11 is 5.56. The van der Waals surface area contributed by atoms with Crippen LogP contribution in [0.2, 0.25) is 0 Å². The highest BCUT2D eigenvalue weighted by molar-refractivity contribution is 6.29. The van der Waals surface area contributed by atoms with Gasteiger partial charge in [-0.2, -0.15) is 0 Å². The van der Waals surface area contributed by atoms with Crippen LogP contribution in [0.25, 0.3) is 0 Å². The first-order valence-electron chi connectivity index (χ1n) is 3.14. The predicted octanol–water partition coefficient (Wildman–Crippen LogP) is 1.73. The van der Waals surface area contributed by atoms with E-state index in [4.69, 9.17) is 11.6 Å². The number of alkyl halides is 1. The molecule has 1 atom stereocenters. The van der Waals surface area contributed by atoms with Gasteiger partial charge in [0.1, 0.15) is 5.38 Å². The average Bonchev–Trinajstić information content (AvgIpc) is 1.89. The van der Waals surface area contributed by atoms with Crippen LogP contribution in [0.4, 0.5) is 0 Å². The largest absolute Gasteiger partial charge is 0.465 e. The van der Waals surface area contributed by atoms with Gasteiger partial charge in [-0.15, -0.1) is 18.2 Å². The number of hydrogen-bond donors (Lipinski definition) is 0. The van der Waals surface area contributed by atoms with Gasteiger partial charge in [0, 0.05) is 0 Å². The Labute approximate surface area is 65.8 Å². The highest BCUT2D eigenvalue weighted by Gasteiger charge is 2.13. The minimum Gasteiger partial charge on any atom is -0.465 e. The lowest BCUT2D eigenvalue weighted by Gasteiger charge is -2.04. The van der Waals surface area contributed by atoms with Gasteiger partial charge in [-0.1, -0.05) is 6.08 Å². The molecule has 0 aromatic carbocycles. The van der Waals surface area contributed by atoms with Crippen molar-refractivity contribution in [3.63, 3.8) is 0 Å². The van der Waals surface area contributed by atoms with Crippen LogP contribution in [0.15, 0.2) is 12.7 Å². The molecular weight excluding hydrogens is 152 g/mol. The van der Waals surface area contributed by atoms with Crippen LogP contribution in [0.3, 0.4) is 0 Å². The van der Waals surface area contributed by atoms with Crippen LogP contribution >= 0.6 is 11.6 Å². The fraction of sp³-hybridized carbons (Fsp3) is 0.571. The average molecular weight is 163 g/mol. The highest BCUT2D eigenvalue weighted by Crippen LogP contribution is 2.04. The fourth-order valence-corrected chi connectivity index (χ4v) is 0.664. The first-order valence-corrected chi connectivity index (χ1v) is 3.57. The standard InChI is InChI=1S/C7H11ClO2/c1-3-5-6(8)7(9)10-4-2/h3,6H,1,4-5H2,2H3. The van der Waals surface area contributed by atoms with Gasteiger partial charge < -0.3 is 4.74 Å². The molecule has 0 aliphatic rings. The summed E-state index contributed by atoms with van der Waals surface area (Å²) in [7, 11) is 0. The Morgan fingerprint density at radius 1 is 1.90 bits per heavy atom. The topological polar surface area (TPSA) is 26.3 Å². The third kappa shape index (κ3) is 3.51. The van der Waals surface area contributed by atoms with Crippen molar-refractivity contribution in [2.45, 2.75) is 18.7 Å². The molecule has 1 unspecified atom stereocenters. The Hall–Kier alpha value is -0.500. The second-order valence-electron chi connectivity index (χ2n) is 1.74. The van der Waals surface area contributed by atoms with Crippen LogP contribution < -0.4 is 0 Å². The van der Waals surface area contributed by atoms with E-state index in [1.807, 2.05) is 0 Å².